The van der Waals surface area contributed by atoms with Crippen molar-refractivity contribution < 1.29 is 31.9 Å². The van der Waals surface area contributed by atoms with E-state index in [4.69, 9.17) is 4.74 Å². The van der Waals surface area contributed by atoms with Crippen LogP contribution in [0.1, 0.15) is 35.3 Å². The molecule has 0 saturated carbocycles. The van der Waals surface area contributed by atoms with Crippen molar-refractivity contribution in [3.8, 4) is 11.5 Å². The van der Waals surface area contributed by atoms with Crippen molar-refractivity contribution in [3.05, 3.63) is 71.8 Å². The summed E-state index contributed by atoms with van der Waals surface area (Å²) in [6.07, 6.45) is -1.10. The Hall–Kier alpha value is -4.68. The average molecular weight is 571 g/mol. The van der Waals surface area contributed by atoms with Gasteiger partial charge < -0.3 is 24.8 Å². The second kappa shape index (κ2) is 11.4. The normalized spacial score (nSPS) is 13.6. The molecule has 0 unspecified atom stereocenters. The number of benzene rings is 2. The van der Waals surface area contributed by atoms with Crippen molar-refractivity contribution in [1.29, 1.82) is 0 Å². The van der Waals surface area contributed by atoms with Gasteiger partial charge in [-0.3, -0.25) is 14.6 Å². The standard InChI is InChI=1S/C28H26F4N6O3/c1-37-24-8-6-18(15-22(24)36-27(37)35-21-14-17(28(30,31)32)5-7-20(21)29)41-19-9-11-33-23(16-19)26(40)34-10-3-13-38-12-2-4-25(38)39/h5-9,11,14-16H,2-4,10,12-13H2,1H3,(H,34,40)(H,35,36). The SMILES string of the molecule is Cn1c(Nc2cc(C(F)(F)F)ccc2F)nc2cc(Oc3ccnc(C(=O)NCCCN4CCCC4=O)c3)ccc21. The molecule has 214 valence electrons. The van der Waals surface area contributed by atoms with Gasteiger partial charge in [0.25, 0.3) is 5.91 Å². The Balaban J connectivity index is 1.25. The van der Waals surface area contributed by atoms with E-state index in [0.29, 0.717) is 60.6 Å². The van der Waals surface area contributed by atoms with E-state index in [0.717, 1.165) is 19.0 Å². The Morgan fingerprint density at radius 3 is 2.66 bits per heavy atom. The number of pyridine rings is 1. The molecular weight excluding hydrogens is 544 g/mol. The monoisotopic (exact) mass is 570 g/mol. The molecule has 0 radical (unpaired) electrons. The minimum Gasteiger partial charge on any atom is -0.457 e. The number of carbonyl (C=O) groups is 2. The minimum absolute atomic E-state index is 0.132. The third kappa shape index (κ3) is 6.39. The van der Waals surface area contributed by atoms with Crippen LogP contribution in [0.4, 0.5) is 29.2 Å². The van der Waals surface area contributed by atoms with E-state index in [2.05, 4.69) is 20.6 Å². The van der Waals surface area contributed by atoms with Gasteiger partial charge in [-0.05, 0) is 49.2 Å². The van der Waals surface area contributed by atoms with Gasteiger partial charge in [0.1, 0.15) is 23.0 Å². The highest BCUT2D eigenvalue weighted by atomic mass is 19.4. The fraction of sp³-hybridized carbons (Fsp3) is 0.286. The maximum atomic E-state index is 14.3. The number of fused-ring (bicyclic) bond motifs is 1. The molecule has 1 saturated heterocycles. The van der Waals surface area contributed by atoms with Crippen molar-refractivity contribution in [2.45, 2.75) is 25.4 Å². The van der Waals surface area contributed by atoms with Crippen LogP contribution in [0.3, 0.4) is 0 Å². The zero-order chi connectivity index (χ0) is 29.1. The summed E-state index contributed by atoms with van der Waals surface area (Å²) < 4.78 is 61.0. The lowest BCUT2D eigenvalue weighted by atomic mass is 10.2. The summed E-state index contributed by atoms with van der Waals surface area (Å²) in [6.45, 7) is 1.74. The first-order chi connectivity index (χ1) is 19.6. The van der Waals surface area contributed by atoms with Gasteiger partial charge in [0.15, 0.2) is 0 Å². The molecule has 2 aromatic heterocycles. The summed E-state index contributed by atoms with van der Waals surface area (Å²) in [4.78, 5) is 34.5. The Morgan fingerprint density at radius 1 is 1.10 bits per heavy atom. The van der Waals surface area contributed by atoms with Crippen LogP contribution in [0.2, 0.25) is 0 Å². The zero-order valence-corrected chi connectivity index (χ0v) is 22.0. The molecule has 9 nitrogen and oxygen atoms in total. The molecule has 41 heavy (non-hydrogen) atoms. The Morgan fingerprint density at radius 2 is 1.90 bits per heavy atom. The number of nitrogens with one attached hydrogen (secondary N) is 2. The van der Waals surface area contributed by atoms with Crippen LogP contribution < -0.4 is 15.4 Å². The van der Waals surface area contributed by atoms with Gasteiger partial charge >= 0.3 is 6.18 Å². The number of halogens is 4. The Bertz CT molecular complexity index is 1600. The van der Waals surface area contributed by atoms with Crippen molar-refractivity contribution in [2.75, 3.05) is 25.0 Å². The molecule has 1 aliphatic heterocycles. The van der Waals surface area contributed by atoms with Crippen LogP contribution in [0.25, 0.3) is 11.0 Å². The summed E-state index contributed by atoms with van der Waals surface area (Å²) >= 11 is 0. The second-order valence-corrected chi connectivity index (χ2v) is 9.53. The molecule has 2 aromatic carbocycles. The predicted molar refractivity (Wildman–Crippen MR) is 142 cm³/mol. The van der Waals surface area contributed by atoms with Gasteiger partial charge in [0.2, 0.25) is 11.9 Å². The highest BCUT2D eigenvalue weighted by Crippen LogP contribution is 2.33. The van der Waals surface area contributed by atoms with Gasteiger partial charge in [-0.25, -0.2) is 9.37 Å². The molecule has 4 aromatic rings. The van der Waals surface area contributed by atoms with Crippen LogP contribution in [-0.4, -0.2) is 50.9 Å². The summed E-state index contributed by atoms with van der Waals surface area (Å²) in [7, 11) is 1.64. The smallest absolute Gasteiger partial charge is 0.416 e. The van der Waals surface area contributed by atoms with Gasteiger partial charge in [-0.15, -0.1) is 0 Å². The molecule has 13 heteroatoms. The van der Waals surface area contributed by atoms with E-state index in [1.54, 1.807) is 40.8 Å². The first-order valence-electron chi connectivity index (χ1n) is 12.9. The van der Waals surface area contributed by atoms with Crippen LogP contribution in [0, 0.1) is 5.82 Å². The maximum Gasteiger partial charge on any atom is 0.416 e. The minimum atomic E-state index is -4.62. The number of hydrogen-bond donors (Lipinski definition) is 2. The van der Waals surface area contributed by atoms with Crippen molar-refractivity contribution in [2.24, 2.45) is 7.05 Å². The molecule has 0 aliphatic carbocycles. The number of aryl methyl sites for hydroxylation is 1. The van der Waals surface area contributed by atoms with E-state index < -0.39 is 17.6 Å². The molecule has 3 heterocycles. The van der Waals surface area contributed by atoms with E-state index in [1.165, 1.54) is 12.3 Å². The lowest BCUT2D eigenvalue weighted by Crippen LogP contribution is -2.30. The molecule has 0 atom stereocenters. The highest BCUT2D eigenvalue weighted by Gasteiger charge is 2.31. The maximum absolute atomic E-state index is 14.3. The van der Waals surface area contributed by atoms with Crippen molar-refractivity contribution in [1.82, 2.24) is 24.8 Å². The number of hydrogen-bond acceptors (Lipinski definition) is 6. The number of carbonyl (C=O) groups excluding carboxylic acids is 2. The molecule has 0 spiro atoms. The summed E-state index contributed by atoms with van der Waals surface area (Å²) in [5.41, 5.74) is -0.115. The van der Waals surface area contributed by atoms with E-state index >= 15 is 0 Å². The quantitative estimate of drug-likeness (QED) is 0.206. The number of rotatable bonds is 9. The van der Waals surface area contributed by atoms with Gasteiger partial charge in [0, 0.05) is 51.4 Å². The van der Waals surface area contributed by atoms with E-state index in [9.17, 15) is 27.2 Å². The Kier molecular flexibility index (Phi) is 7.77. The molecule has 1 aliphatic rings. The predicted octanol–water partition coefficient (Wildman–Crippen LogP) is 5.40. The highest BCUT2D eigenvalue weighted by molar-refractivity contribution is 5.92. The van der Waals surface area contributed by atoms with Crippen molar-refractivity contribution in [3.63, 3.8) is 0 Å². The number of aromatic nitrogens is 3. The number of anilines is 2. The van der Waals surface area contributed by atoms with Gasteiger partial charge in [-0.1, -0.05) is 0 Å². The second-order valence-electron chi connectivity index (χ2n) is 9.53. The van der Waals surface area contributed by atoms with Gasteiger partial charge in [0.05, 0.1) is 22.3 Å². The zero-order valence-electron chi connectivity index (χ0n) is 22.0. The number of nitrogens with zero attached hydrogens (tertiary/aromatic N) is 4. The molecule has 1 fully saturated rings. The first kappa shape index (κ1) is 27.9. The van der Waals surface area contributed by atoms with Crippen molar-refractivity contribution >= 4 is 34.5 Å². The number of imidazole rings is 1. The first-order valence-corrected chi connectivity index (χ1v) is 12.9. The number of likely N-dealkylation sites (tertiary alicyclic amines) is 1. The van der Waals surface area contributed by atoms with E-state index in [-0.39, 0.29) is 29.1 Å². The third-order valence-electron chi connectivity index (χ3n) is 6.65. The average Bonchev–Trinajstić information content (AvgIpc) is 3.48. The van der Waals surface area contributed by atoms with Crippen LogP contribution in [0.15, 0.2) is 54.7 Å². The van der Waals surface area contributed by atoms with Crippen LogP contribution in [-0.2, 0) is 18.0 Å². The van der Waals surface area contributed by atoms with E-state index in [1.807, 2.05) is 0 Å². The van der Waals surface area contributed by atoms with Gasteiger partial charge in [-0.2, -0.15) is 13.2 Å². The lowest BCUT2D eigenvalue weighted by molar-refractivity contribution is -0.137. The molecular formula is C28H26F4N6O3. The summed E-state index contributed by atoms with van der Waals surface area (Å²) in [5, 5.41) is 5.43. The third-order valence-corrected chi connectivity index (χ3v) is 6.65. The van der Waals surface area contributed by atoms with Crippen LogP contribution >= 0.6 is 0 Å². The number of alkyl halides is 3. The van der Waals surface area contributed by atoms with Crippen LogP contribution in [0.5, 0.6) is 11.5 Å². The lowest BCUT2D eigenvalue weighted by Gasteiger charge is -2.15. The molecule has 5 rings (SSSR count). The fourth-order valence-electron chi connectivity index (χ4n) is 4.51. The molecule has 2 amide bonds. The fourth-order valence-corrected chi connectivity index (χ4v) is 4.51. The molecule has 2 N–H and O–H groups in total. The Labute approximate surface area is 232 Å². The largest absolute Gasteiger partial charge is 0.457 e. The number of amides is 2. The summed E-state index contributed by atoms with van der Waals surface area (Å²) in [5.74, 6) is -0.210. The molecule has 0 bridgehead atoms. The topological polar surface area (TPSA) is 101 Å². The summed E-state index contributed by atoms with van der Waals surface area (Å²) in [6, 6.07) is 10.2. The number of ether oxygens (including phenoxy) is 1.